The molecule has 0 saturated carbocycles. The highest BCUT2D eigenvalue weighted by Crippen LogP contribution is 2.46. The molecular formula is C8H16S. The molecular weight excluding hydrogens is 128 g/mol. The van der Waals surface area contributed by atoms with Crippen molar-refractivity contribution in [3.8, 4) is 0 Å². The highest BCUT2D eigenvalue weighted by molar-refractivity contribution is 8.00. The Bertz CT molecular complexity index is 87.2. The molecule has 1 saturated heterocycles. The van der Waals surface area contributed by atoms with E-state index in [9.17, 15) is 0 Å². The van der Waals surface area contributed by atoms with E-state index in [1.165, 1.54) is 17.9 Å². The van der Waals surface area contributed by atoms with E-state index in [0.717, 1.165) is 11.3 Å². The van der Waals surface area contributed by atoms with E-state index in [2.05, 4.69) is 32.5 Å². The van der Waals surface area contributed by atoms with Crippen molar-refractivity contribution in [2.45, 2.75) is 27.2 Å². The molecule has 0 bridgehead atoms. The van der Waals surface area contributed by atoms with Gasteiger partial charge in [0.15, 0.2) is 0 Å². The van der Waals surface area contributed by atoms with Gasteiger partial charge in [-0.05, 0) is 29.3 Å². The lowest BCUT2D eigenvalue weighted by molar-refractivity contribution is 0.236. The Kier molecular flexibility index (Phi) is 2.10. The fourth-order valence-corrected chi connectivity index (χ4v) is 3.11. The zero-order chi connectivity index (χ0) is 6.91. The Morgan fingerprint density at radius 1 is 1.44 bits per heavy atom. The second kappa shape index (κ2) is 2.53. The quantitative estimate of drug-likeness (QED) is 0.574. The highest BCUT2D eigenvalue weighted by atomic mass is 32.2. The van der Waals surface area contributed by atoms with E-state index in [1.54, 1.807) is 0 Å². The van der Waals surface area contributed by atoms with E-state index in [4.69, 9.17) is 0 Å². The van der Waals surface area contributed by atoms with Crippen LogP contribution in [0.4, 0.5) is 0 Å². The zero-order valence-electron chi connectivity index (χ0n) is 6.61. The van der Waals surface area contributed by atoms with Gasteiger partial charge in [0.2, 0.25) is 0 Å². The maximum atomic E-state index is 2.35. The molecule has 0 aliphatic carbocycles. The molecule has 9 heavy (non-hydrogen) atoms. The fraction of sp³-hybridized carbons (Fsp3) is 1.00. The summed E-state index contributed by atoms with van der Waals surface area (Å²) >= 11 is 2.10. The Balaban J connectivity index is 2.46. The van der Waals surface area contributed by atoms with Crippen molar-refractivity contribution in [1.82, 2.24) is 0 Å². The molecule has 54 valence electrons. The number of hydrogen-bond donors (Lipinski definition) is 0. The minimum absolute atomic E-state index is 0.727. The summed E-state index contributed by atoms with van der Waals surface area (Å²) in [5.41, 5.74) is 0.727. The van der Waals surface area contributed by atoms with E-state index in [0.29, 0.717) is 0 Å². The van der Waals surface area contributed by atoms with Gasteiger partial charge in [-0.15, -0.1) is 0 Å². The lowest BCUT2D eigenvalue weighted by Crippen LogP contribution is -2.39. The van der Waals surface area contributed by atoms with Crippen LogP contribution in [0.3, 0.4) is 0 Å². The third-order valence-electron chi connectivity index (χ3n) is 2.71. The van der Waals surface area contributed by atoms with Gasteiger partial charge < -0.3 is 0 Å². The van der Waals surface area contributed by atoms with E-state index in [-0.39, 0.29) is 0 Å². The van der Waals surface area contributed by atoms with Gasteiger partial charge in [-0.2, -0.15) is 11.8 Å². The molecule has 0 aromatic carbocycles. The summed E-state index contributed by atoms with van der Waals surface area (Å²) in [6, 6.07) is 0. The lowest BCUT2D eigenvalue weighted by atomic mass is 9.78. The van der Waals surface area contributed by atoms with Gasteiger partial charge in [0.1, 0.15) is 0 Å². The first-order valence-corrected chi connectivity index (χ1v) is 4.94. The van der Waals surface area contributed by atoms with Crippen LogP contribution < -0.4 is 0 Å². The smallest absolute Gasteiger partial charge is 0.0000336 e. The average molecular weight is 144 g/mol. The molecule has 1 aliphatic rings. The summed E-state index contributed by atoms with van der Waals surface area (Å²) in [4.78, 5) is 0. The Morgan fingerprint density at radius 3 is 2.00 bits per heavy atom. The molecule has 0 atom stereocenters. The van der Waals surface area contributed by atoms with Crippen LogP contribution in [0.1, 0.15) is 27.2 Å². The molecule has 0 spiro atoms. The summed E-state index contributed by atoms with van der Waals surface area (Å²) in [7, 11) is 0. The van der Waals surface area contributed by atoms with Crippen LogP contribution in [0.25, 0.3) is 0 Å². The van der Waals surface area contributed by atoms with Gasteiger partial charge in [0, 0.05) is 0 Å². The van der Waals surface area contributed by atoms with Crippen LogP contribution in [-0.2, 0) is 0 Å². The Morgan fingerprint density at radius 2 is 2.00 bits per heavy atom. The van der Waals surface area contributed by atoms with Crippen molar-refractivity contribution in [3.63, 3.8) is 0 Å². The van der Waals surface area contributed by atoms with Crippen molar-refractivity contribution in [3.05, 3.63) is 0 Å². The third-order valence-corrected chi connectivity index (χ3v) is 4.27. The number of rotatable bonds is 2. The minimum atomic E-state index is 0.727. The van der Waals surface area contributed by atoms with Gasteiger partial charge in [0.05, 0.1) is 0 Å². The molecule has 0 amide bonds. The molecule has 0 aromatic heterocycles. The van der Waals surface area contributed by atoms with Crippen molar-refractivity contribution >= 4 is 11.8 Å². The summed E-state index contributed by atoms with van der Waals surface area (Å²) in [6.45, 7) is 7.02. The Labute approximate surface area is 62.4 Å². The van der Waals surface area contributed by atoms with Crippen LogP contribution in [0, 0.1) is 11.3 Å². The van der Waals surface area contributed by atoms with Gasteiger partial charge in [0.25, 0.3) is 0 Å². The minimum Gasteiger partial charge on any atom is -0.161 e. The molecule has 0 nitrogen and oxygen atoms in total. The van der Waals surface area contributed by atoms with Crippen LogP contribution in [0.2, 0.25) is 0 Å². The SMILES string of the molecule is CCC1(C(C)C)CSC1. The molecule has 0 aromatic rings. The Hall–Kier alpha value is 0.350. The summed E-state index contributed by atoms with van der Waals surface area (Å²) in [6.07, 6.45) is 1.37. The molecule has 0 N–H and O–H groups in total. The molecule has 1 heteroatoms. The zero-order valence-corrected chi connectivity index (χ0v) is 7.42. The normalized spacial score (nSPS) is 24.0. The van der Waals surface area contributed by atoms with Crippen LogP contribution in [0.5, 0.6) is 0 Å². The van der Waals surface area contributed by atoms with Crippen molar-refractivity contribution < 1.29 is 0 Å². The first kappa shape index (κ1) is 7.46. The largest absolute Gasteiger partial charge is 0.161 e. The van der Waals surface area contributed by atoms with Gasteiger partial charge in [-0.25, -0.2) is 0 Å². The number of hydrogen-bond acceptors (Lipinski definition) is 1. The maximum Gasteiger partial charge on any atom is -0.0000336 e. The summed E-state index contributed by atoms with van der Waals surface area (Å²) in [5.74, 6) is 3.70. The molecule has 1 fully saturated rings. The second-order valence-corrected chi connectivity index (χ2v) is 4.35. The fourth-order valence-electron chi connectivity index (χ4n) is 1.31. The molecule has 1 aliphatic heterocycles. The van der Waals surface area contributed by atoms with E-state index < -0.39 is 0 Å². The topological polar surface area (TPSA) is 0 Å². The van der Waals surface area contributed by atoms with Crippen molar-refractivity contribution in [2.75, 3.05) is 11.5 Å². The van der Waals surface area contributed by atoms with Crippen LogP contribution in [-0.4, -0.2) is 11.5 Å². The first-order chi connectivity index (χ1) is 4.21. The molecule has 1 heterocycles. The van der Waals surface area contributed by atoms with Crippen LogP contribution >= 0.6 is 11.8 Å². The standard InChI is InChI=1S/C8H16S/c1-4-8(7(2)3)5-9-6-8/h7H,4-6H2,1-3H3. The van der Waals surface area contributed by atoms with Crippen molar-refractivity contribution in [2.24, 2.45) is 11.3 Å². The van der Waals surface area contributed by atoms with E-state index in [1.807, 2.05) is 0 Å². The predicted octanol–water partition coefficient (Wildman–Crippen LogP) is 2.79. The second-order valence-electron chi connectivity index (χ2n) is 3.36. The molecule has 1 rings (SSSR count). The average Bonchev–Trinajstić information content (AvgIpc) is 1.62. The maximum absolute atomic E-state index is 2.35. The highest BCUT2D eigenvalue weighted by Gasteiger charge is 2.38. The summed E-state index contributed by atoms with van der Waals surface area (Å²) in [5, 5.41) is 0. The monoisotopic (exact) mass is 144 g/mol. The lowest BCUT2D eigenvalue weighted by Gasteiger charge is -2.44. The number of thioether (sulfide) groups is 1. The van der Waals surface area contributed by atoms with Gasteiger partial charge in [-0.3, -0.25) is 0 Å². The third kappa shape index (κ3) is 1.12. The van der Waals surface area contributed by atoms with Gasteiger partial charge >= 0.3 is 0 Å². The van der Waals surface area contributed by atoms with Crippen molar-refractivity contribution in [1.29, 1.82) is 0 Å². The predicted molar refractivity (Wildman–Crippen MR) is 44.9 cm³/mol. The van der Waals surface area contributed by atoms with E-state index >= 15 is 0 Å². The molecule has 0 unspecified atom stereocenters. The first-order valence-electron chi connectivity index (χ1n) is 3.79. The summed E-state index contributed by atoms with van der Waals surface area (Å²) < 4.78 is 0. The van der Waals surface area contributed by atoms with Gasteiger partial charge in [-0.1, -0.05) is 20.8 Å². The molecule has 0 radical (unpaired) electrons. The van der Waals surface area contributed by atoms with Crippen LogP contribution in [0.15, 0.2) is 0 Å².